The molecule has 0 N–H and O–H groups in total. The van der Waals surface area contributed by atoms with Crippen molar-refractivity contribution in [3.63, 3.8) is 0 Å². The zero-order valence-corrected chi connectivity index (χ0v) is 11.9. The number of benzene rings is 2. The normalized spacial score (nSPS) is 13.9. The summed E-state index contributed by atoms with van der Waals surface area (Å²) >= 11 is 3.73. The molecule has 0 saturated carbocycles. The molecule has 1 unspecified atom stereocenters. The molecule has 0 fully saturated rings. The van der Waals surface area contributed by atoms with Crippen LogP contribution >= 0.6 is 15.9 Å². The standard InChI is InChI=1S/C15H16BrF/c1-15(2,3)14(16)12-8-9-13(17)11-7-5-4-6-10(11)12/h4-9,14H,1-3H3. The lowest BCUT2D eigenvalue weighted by atomic mass is 9.86. The molecule has 2 rings (SSSR count). The number of hydrogen-bond donors (Lipinski definition) is 0. The van der Waals surface area contributed by atoms with Crippen LogP contribution in [-0.2, 0) is 0 Å². The van der Waals surface area contributed by atoms with Crippen LogP contribution in [0.5, 0.6) is 0 Å². The fraction of sp³-hybridized carbons (Fsp3) is 0.333. The molecule has 90 valence electrons. The maximum atomic E-state index is 13.7. The van der Waals surface area contributed by atoms with E-state index in [9.17, 15) is 4.39 Å². The summed E-state index contributed by atoms with van der Waals surface area (Å²) in [5.41, 5.74) is 1.25. The van der Waals surface area contributed by atoms with Crippen molar-refractivity contribution in [2.24, 2.45) is 5.41 Å². The third-order valence-corrected chi connectivity index (χ3v) is 4.80. The summed E-state index contributed by atoms with van der Waals surface area (Å²) in [5.74, 6) is -0.155. The second-order valence-corrected chi connectivity index (χ2v) is 6.33. The largest absolute Gasteiger partial charge is 0.206 e. The van der Waals surface area contributed by atoms with Crippen LogP contribution in [-0.4, -0.2) is 0 Å². The molecule has 0 radical (unpaired) electrons. The third kappa shape index (κ3) is 2.37. The summed E-state index contributed by atoms with van der Waals surface area (Å²) in [6.07, 6.45) is 0. The van der Waals surface area contributed by atoms with Gasteiger partial charge in [-0.2, -0.15) is 0 Å². The number of rotatable bonds is 1. The molecule has 17 heavy (non-hydrogen) atoms. The summed E-state index contributed by atoms with van der Waals surface area (Å²) in [7, 11) is 0. The topological polar surface area (TPSA) is 0 Å². The van der Waals surface area contributed by atoms with Crippen molar-refractivity contribution in [1.82, 2.24) is 0 Å². The smallest absolute Gasteiger partial charge is 0.131 e. The van der Waals surface area contributed by atoms with E-state index in [4.69, 9.17) is 0 Å². The minimum absolute atomic E-state index is 0.0978. The van der Waals surface area contributed by atoms with Crippen LogP contribution in [0.25, 0.3) is 10.8 Å². The SMILES string of the molecule is CC(C)(C)C(Br)c1ccc(F)c2ccccc12. The first-order valence-corrected chi connectivity index (χ1v) is 6.64. The Balaban J connectivity index is 2.67. The van der Waals surface area contributed by atoms with Gasteiger partial charge in [-0.25, -0.2) is 4.39 Å². The molecule has 0 heterocycles. The molecule has 0 aliphatic carbocycles. The van der Waals surface area contributed by atoms with Crippen molar-refractivity contribution in [2.75, 3.05) is 0 Å². The van der Waals surface area contributed by atoms with Crippen LogP contribution in [0.2, 0.25) is 0 Å². The van der Waals surface area contributed by atoms with E-state index in [1.807, 2.05) is 30.3 Å². The molecule has 0 nitrogen and oxygen atoms in total. The molecule has 2 aromatic rings. The summed E-state index contributed by atoms with van der Waals surface area (Å²) in [6, 6.07) is 11.1. The molecule has 0 aliphatic rings. The van der Waals surface area contributed by atoms with Gasteiger partial charge < -0.3 is 0 Å². The molecule has 2 heteroatoms. The van der Waals surface area contributed by atoms with Gasteiger partial charge in [-0.3, -0.25) is 0 Å². The van der Waals surface area contributed by atoms with Crippen LogP contribution in [0.3, 0.4) is 0 Å². The van der Waals surface area contributed by atoms with Crippen molar-refractivity contribution in [2.45, 2.75) is 25.6 Å². The summed E-state index contributed by atoms with van der Waals surface area (Å²) in [4.78, 5) is 0.209. The van der Waals surface area contributed by atoms with Crippen LogP contribution in [0.15, 0.2) is 36.4 Å². The monoisotopic (exact) mass is 294 g/mol. The van der Waals surface area contributed by atoms with E-state index < -0.39 is 0 Å². The average molecular weight is 295 g/mol. The number of alkyl halides is 1. The number of hydrogen-bond acceptors (Lipinski definition) is 0. The molecule has 0 bridgehead atoms. The molecule has 0 aliphatic heterocycles. The minimum Gasteiger partial charge on any atom is -0.206 e. The Morgan fingerprint density at radius 1 is 1.00 bits per heavy atom. The highest BCUT2D eigenvalue weighted by molar-refractivity contribution is 9.09. The molecule has 0 aromatic heterocycles. The summed E-state index contributed by atoms with van der Waals surface area (Å²) in [6.45, 7) is 6.51. The highest BCUT2D eigenvalue weighted by atomic mass is 79.9. The predicted octanol–water partition coefficient (Wildman–Crippen LogP) is 5.46. The predicted molar refractivity (Wildman–Crippen MR) is 75.0 cm³/mol. The van der Waals surface area contributed by atoms with E-state index in [2.05, 4.69) is 36.7 Å². The number of halogens is 2. The molecule has 1 atom stereocenters. The zero-order chi connectivity index (χ0) is 12.6. The second-order valence-electron chi connectivity index (χ2n) is 5.41. The minimum atomic E-state index is -0.155. The summed E-state index contributed by atoms with van der Waals surface area (Å²) < 4.78 is 13.7. The van der Waals surface area contributed by atoms with Gasteiger partial charge >= 0.3 is 0 Å². The van der Waals surface area contributed by atoms with E-state index in [0.29, 0.717) is 5.39 Å². The number of fused-ring (bicyclic) bond motifs is 1. The Morgan fingerprint density at radius 3 is 2.18 bits per heavy atom. The molecule has 0 saturated heterocycles. The lowest BCUT2D eigenvalue weighted by molar-refractivity contribution is 0.408. The first-order valence-electron chi connectivity index (χ1n) is 5.72. The van der Waals surface area contributed by atoms with Gasteiger partial charge in [0.2, 0.25) is 0 Å². The van der Waals surface area contributed by atoms with Gasteiger partial charge in [0.1, 0.15) is 5.82 Å². The third-order valence-electron chi connectivity index (χ3n) is 2.94. The van der Waals surface area contributed by atoms with Crippen molar-refractivity contribution >= 4 is 26.7 Å². The van der Waals surface area contributed by atoms with E-state index in [0.717, 1.165) is 10.9 Å². The Morgan fingerprint density at radius 2 is 1.59 bits per heavy atom. The first-order chi connectivity index (χ1) is 7.91. The van der Waals surface area contributed by atoms with Crippen LogP contribution < -0.4 is 0 Å². The molecular formula is C15H16BrF. The maximum absolute atomic E-state index is 13.7. The zero-order valence-electron chi connectivity index (χ0n) is 10.3. The Bertz CT molecular complexity index is 540. The Labute approximate surface area is 110 Å². The lowest BCUT2D eigenvalue weighted by Gasteiger charge is -2.27. The average Bonchev–Trinajstić information content (AvgIpc) is 2.28. The van der Waals surface area contributed by atoms with Crippen LogP contribution in [0.4, 0.5) is 4.39 Å². The fourth-order valence-electron chi connectivity index (χ4n) is 1.97. The van der Waals surface area contributed by atoms with Crippen LogP contribution in [0, 0.1) is 11.2 Å². The van der Waals surface area contributed by atoms with Gasteiger partial charge in [0.15, 0.2) is 0 Å². The van der Waals surface area contributed by atoms with Gasteiger partial charge in [0.25, 0.3) is 0 Å². The van der Waals surface area contributed by atoms with E-state index >= 15 is 0 Å². The summed E-state index contributed by atoms with van der Waals surface area (Å²) in [5, 5.41) is 1.68. The van der Waals surface area contributed by atoms with Crippen molar-refractivity contribution < 1.29 is 4.39 Å². The lowest BCUT2D eigenvalue weighted by Crippen LogP contribution is -2.13. The van der Waals surface area contributed by atoms with Crippen molar-refractivity contribution in [1.29, 1.82) is 0 Å². The van der Waals surface area contributed by atoms with E-state index in [1.165, 1.54) is 0 Å². The van der Waals surface area contributed by atoms with Crippen LogP contribution in [0.1, 0.15) is 31.2 Å². The van der Waals surface area contributed by atoms with Gasteiger partial charge in [0.05, 0.1) is 0 Å². The van der Waals surface area contributed by atoms with Gasteiger partial charge in [-0.15, -0.1) is 0 Å². The molecular weight excluding hydrogens is 279 g/mol. The molecule has 0 spiro atoms. The van der Waals surface area contributed by atoms with Gasteiger partial charge in [-0.1, -0.05) is 67.0 Å². The van der Waals surface area contributed by atoms with Crippen molar-refractivity contribution in [3.05, 3.63) is 47.8 Å². The quantitative estimate of drug-likeness (QED) is 0.613. The van der Waals surface area contributed by atoms with Gasteiger partial charge in [0, 0.05) is 10.2 Å². The van der Waals surface area contributed by atoms with Crippen molar-refractivity contribution in [3.8, 4) is 0 Å². The maximum Gasteiger partial charge on any atom is 0.131 e. The Kier molecular flexibility index (Phi) is 3.26. The molecule has 0 amide bonds. The second kappa shape index (κ2) is 4.41. The Hall–Kier alpha value is -0.890. The van der Waals surface area contributed by atoms with E-state index in [-0.39, 0.29) is 16.1 Å². The van der Waals surface area contributed by atoms with Gasteiger partial charge in [-0.05, 0) is 22.4 Å². The molecule has 2 aromatic carbocycles. The highest BCUT2D eigenvalue weighted by Crippen LogP contribution is 2.42. The van der Waals surface area contributed by atoms with E-state index in [1.54, 1.807) is 6.07 Å². The first kappa shape index (κ1) is 12.6. The highest BCUT2D eigenvalue weighted by Gasteiger charge is 2.25. The fourth-order valence-corrected chi connectivity index (χ4v) is 2.37.